The second kappa shape index (κ2) is 5.04. The predicted octanol–water partition coefficient (Wildman–Crippen LogP) is 1.03. The zero-order chi connectivity index (χ0) is 11.3. The Balaban J connectivity index is 2.41. The van der Waals surface area contributed by atoms with Crippen LogP contribution in [0.15, 0.2) is 23.6 Å². The maximum Gasteiger partial charge on any atom is 0.227 e. The number of anilines is 1. The Morgan fingerprint density at radius 2 is 2.40 bits per heavy atom. The molecule has 0 atom stereocenters. The van der Waals surface area contributed by atoms with Crippen molar-refractivity contribution in [1.82, 2.24) is 4.98 Å². The number of nitrogens with one attached hydrogen (secondary N) is 1. The van der Waals surface area contributed by atoms with Crippen molar-refractivity contribution in [3.8, 4) is 0 Å². The normalized spacial score (nSPS) is 10.9. The molecule has 0 aromatic carbocycles. The summed E-state index contributed by atoms with van der Waals surface area (Å²) in [6, 6.07) is 0. The highest BCUT2D eigenvalue weighted by atomic mass is 32.2. The summed E-state index contributed by atoms with van der Waals surface area (Å²) in [6.45, 7) is 3.16. The molecule has 1 amide bonds. The minimum Gasteiger partial charge on any atom is -0.302 e. The van der Waals surface area contributed by atoms with E-state index in [1.165, 1.54) is 11.3 Å². The fraction of sp³-hybridized carbons (Fsp3) is 0.250. The van der Waals surface area contributed by atoms with Crippen LogP contribution in [-0.4, -0.2) is 25.1 Å². The molecular weight excluding hydrogens is 236 g/mol. The van der Waals surface area contributed by atoms with Crippen LogP contribution in [0.5, 0.6) is 0 Å². The van der Waals surface area contributed by atoms with Gasteiger partial charge in [0, 0.05) is 23.4 Å². The van der Waals surface area contributed by atoms with Crippen molar-refractivity contribution in [3.05, 3.63) is 23.6 Å². The lowest BCUT2D eigenvalue weighted by Gasteiger charge is -2.00. The lowest BCUT2D eigenvalue weighted by molar-refractivity contribution is -0.115. The monoisotopic (exact) mass is 246 g/mol. The summed E-state index contributed by atoms with van der Waals surface area (Å²) in [5, 5.41) is 5.53. The quantitative estimate of drug-likeness (QED) is 0.842. The van der Waals surface area contributed by atoms with Crippen molar-refractivity contribution < 1.29 is 13.2 Å². The molecule has 0 radical (unpaired) electrons. The van der Waals surface area contributed by atoms with Gasteiger partial charge in [-0.1, -0.05) is 6.58 Å². The van der Waals surface area contributed by atoms with Gasteiger partial charge in [0.1, 0.15) is 0 Å². The van der Waals surface area contributed by atoms with Gasteiger partial charge in [-0.15, -0.1) is 11.3 Å². The van der Waals surface area contributed by atoms with Crippen molar-refractivity contribution in [2.24, 2.45) is 0 Å². The number of hydrogen-bond donors (Lipinski definition) is 1. The van der Waals surface area contributed by atoms with E-state index in [-0.39, 0.29) is 18.1 Å². The molecule has 1 aromatic rings. The first-order valence-electron chi connectivity index (χ1n) is 4.08. The van der Waals surface area contributed by atoms with Gasteiger partial charge in [-0.05, 0) is 0 Å². The number of carbonyl (C=O) groups excluding carboxylic acids is 1. The van der Waals surface area contributed by atoms with Gasteiger partial charge >= 0.3 is 0 Å². The first kappa shape index (κ1) is 11.9. The second-order valence-electron chi connectivity index (χ2n) is 2.67. The average molecular weight is 246 g/mol. The molecule has 1 rings (SSSR count). The Morgan fingerprint density at radius 3 is 2.93 bits per heavy atom. The zero-order valence-electron chi connectivity index (χ0n) is 7.84. The van der Waals surface area contributed by atoms with E-state index >= 15 is 0 Å². The van der Waals surface area contributed by atoms with Gasteiger partial charge < -0.3 is 5.32 Å². The fourth-order valence-electron chi connectivity index (χ4n) is 0.785. The smallest absolute Gasteiger partial charge is 0.227 e. The summed E-state index contributed by atoms with van der Waals surface area (Å²) in [4.78, 5) is 15.1. The number of thiazole rings is 1. The van der Waals surface area contributed by atoms with Crippen LogP contribution in [0.25, 0.3) is 0 Å². The Bertz CT molecular complexity index is 436. The van der Waals surface area contributed by atoms with Crippen LogP contribution in [0.3, 0.4) is 0 Å². The van der Waals surface area contributed by atoms with E-state index in [9.17, 15) is 13.2 Å². The SMILES string of the molecule is C=CS(=O)(=O)CCC(=O)Nc1nccs1. The molecule has 0 saturated carbocycles. The molecular formula is C8H10N2O3S2. The van der Waals surface area contributed by atoms with Crippen LogP contribution in [-0.2, 0) is 14.6 Å². The lowest BCUT2D eigenvalue weighted by Crippen LogP contribution is -2.15. The van der Waals surface area contributed by atoms with Crippen LogP contribution < -0.4 is 5.32 Å². The molecule has 1 N–H and O–H groups in total. The van der Waals surface area contributed by atoms with Gasteiger partial charge in [-0.25, -0.2) is 13.4 Å². The molecule has 0 saturated heterocycles. The van der Waals surface area contributed by atoms with E-state index in [1.54, 1.807) is 11.6 Å². The van der Waals surface area contributed by atoms with Crippen molar-refractivity contribution in [2.45, 2.75) is 6.42 Å². The lowest BCUT2D eigenvalue weighted by atomic mass is 10.5. The van der Waals surface area contributed by atoms with E-state index < -0.39 is 9.84 Å². The van der Waals surface area contributed by atoms with Crippen molar-refractivity contribution >= 4 is 32.2 Å². The fourth-order valence-corrected chi connectivity index (χ4v) is 1.97. The topological polar surface area (TPSA) is 76.1 Å². The van der Waals surface area contributed by atoms with Gasteiger partial charge in [0.05, 0.1) is 5.75 Å². The molecule has 0 aliphatic carbocycles. The van der Waals surface area contributed by atoms with Crippen molar-refractivity contribution in [2.75, 3.05) is 11.1 Å². The van der Waals surface area contributed by atoms with E-state index in [4.69, 9.17) is 0 Å². The van der Waals surface area contributed by atoms with Crippen LogP contribution in [0.4, 0.5) is 5.13 Å². The number of amides is 1. The van der Waals surface area contributed by atoms with E-state index in [0.717, 1.165) is 5.41 Å². The molecule has 7 heteroatoms. The van der Waals surface area contributed by atoms with Crippen molar-refractivity contribution in [3.63, 3.8) is 0 Å². The van der Waals surface area contributed by atoms with Crippen LogP contribution in [0.2, 0.25) is 0 Å². The van der Waals surface area contributed by atoms with Crippen LogP contribution in [0.1, 0.15) is 6.42 Å². The molecule has 0 bridgehead atoms. The third-order valence-corrected chi connectivity index (χ3v) is 3.52. The molecule has 1 aromatic heterocycles. The van der Waals surface area contributed by atoms with Gasteiger partial charge in [-0.2, -0.15) is 0 Å². The Hall–Kier alpha value is -1.21. The van der Waals surface area contributed by atoms with E-state index in [2.05, 4.69) is 16.9 Å². The number of hydrogen-bond acceptors (Lipinski definition) is 5. The average Bonchev–Trinajstić information content (AvgIpc) is 2.68. The minimum absolute atomic E-state index is 0.0894. The molecule has 5 nitrogen and oxygen atoms in total. The molecule has 0 fully saturated rings. The molecule has 0 spiro atoms. The first-order valence-corrected chi connectivity index (χ1v) is 6.67. The molecule has 15 heavy (non-hydrogen) atoms. The number of aromatic nitrogens is 1. The highest BCUT2D eigenvalue weighted by Crippen LogP contribution is 2.10. The summed E-state index contributed by atoms with van der Waals surface area (Å²) in [5.74, 6) is -0.594. The third-order valence-electron chi connectivity index (χ3n) is 1.55. The standard InChI is InChI=1S/C8H10N2O3S2/c1-2-15(12,13)6-3-7(11)10-8-9-4-5-14-8/h2,4-5H,1,3,6H2,(H,9,10,11). The second-order valence-corrected chi connectivity index (χ2v) is 5.63. The maximum atomic E-state index is 11.2. The highest BCUT2D eigenvalue weighted by Gasteiger charge is 2.10. The number of sulfone groups is 1. The van der Waals surface area contributed by atoms with Crippen LogP contribution >= 0.6 is 11.3 Å². The molecule has 1 heterocycles. The van der Waals surface area contributed by atoms with Crippen LogP contribution in [0, 0.1) is 0 Å². The number of nitrogens with zero attached hydrogens (tertiary/aromatic N) is 1. The molecule has 0 aliphatic rings. The Morgan fingerprint density at radius 1 is 1.67 bits per heavy atom. The number of rotatable bonds is 5. The Labute approximate surface area is 91.8 Å². The van der Waals surface area contributed by atoms with E-state index in [1.807, 2.05) is 0 Å². The largest absolute Gasteiger partial charge is 0.302 e. The summed E-state index contributed by atoms with van der Waals surface area (Å²) in [7, 11) is -3.31. The van der Waals surface area contributed by atoms with Gasteiger partial charge in [-0.3, -0.25) is 4.79 Å². The minimum atomic E-state index is -3.31. The van der Waals surface area contributed by atoms with Gasteiger partial charge in [0.25, 0.3) is 0 Å². The van der Waals surface area contributed by atoms with Gasteiger partial charge in [0.2, 0.25) is 5.91 Å². The summed E-state index contributed by atoms with van der Waals surface area (Å²) >= 11 is 1.28. The predicted molar refractivity (Wildman–Crippen MR) is 59.3 cm³/mol. The third kappa shape index (κ3) is 4.22. The molecule has 0 unspecified atom stereocenters. The van der Waals surface area contributed by atoms with Crippen molar-refractivity contribution in [1.29, 1.82) is 0 Å². The maximum absolute atomic E-state index is 11.2. The first-order chi connectivity index (χ1) is 7.03. The Kier molecular flexibility index (Phi) is 3.98. The summed E-state index contributed by atoms with van der Waals surface area (Å²) in [6.07, 6.45) is 1.47. The summed E-state index contributed by atoms with van der Waals surface area (Å²) < 4.78 is 22.0. The zero-order valence-corrected chi connectivity index (χ0v) is 9.47. The molecule has 0 aliphatic heterocycles. The van der Waals surface area contributed by atoms with E-state index in [0.29, 0.717) is 5.13 Å². The number of carbonyl (C=O) groups is 1. The summed E-state index contributed by atoms with van der Waals surface area (Å²) in [5.41, 5.74) is 0. The molecule has 82 valence electrons. The van der Waals surface area contributed by atoms with Gasteiger partial charge in [0.15, 0.2) is 15.0 Å². The highest BCUT2D eigenvalue weighted by molar-refractivity contribution is 7.94.